The zero-order valence-corrected chi connectivity index (χ0v) is 11.3. The number of aliphatic hydroxyl groups excluding tert-OH is 1. The number of aromatic nitrogens is 2. The van der Waals surface area contributed by atoms with Crippen LogP contribution >= 0.6 is 0 Å². The summed E-state index contributed by atoms with van der Waals surface area (Å²) in [5.41, 5.74) is 2.08. The summed E-state index contributed by atoms with van der Waals surface area (Å²) in [6.07, 6.45) is 3.48. The van der Waals surface area contributed by atoms with E-state index >= 15 is 0 Å². The van der Waals surface area contributed by atoms with Gasteiger partial charge in [-0.2, -0.15) is 10.4 Å². The van der Waals surface area contributed by atoms with Crippen molar-refractivity contribution in [3.63, 3.8) is 0 Å². The first-order chi connectivity index (χ1) is 10.2. The fraction of sp³-hybridized carbons (Fsp3) is 0.214. The number of anilines is 2. The standard InChI is InChI=1S/C14H15N5O2/c15-6-5-11-1-3-12(4-2-11)17-14(21)18-13-9-16-19(10-13)7-8-20/h1-4,9-10,20H,5,7-8H2,(H2,17,18,21). The quantitative estimate of drug-likeness (QED) is 0.776. The third kappa shape index (κ3) is 4.33. The SMILES string of the molecule is N#CCc1ccc(NC(=O)Nc2cnn(CCO)c2)cc1. The second-order valence-corrected chi connectivity index (χ2v) is 4.33. The Hall–Kier alpha value is -2.85. The van der Waals surface area contributed by atoms with Gasteiger partial charge in [0.1, 0.15) is 0 Å². The van der Waals surface area contributed by atoms with Gasteiger partial charge in [0.2, 0.25) is 0 Å². The van der Waals surface area contributed by atoms with Crippen molar-refractivity contribution in [3.8, 4) is 6.07 Å². The summed E-state index contributed by atoms with van der Waals surface area (Å²) < 4.78 is 1.53. The van der Waals surface area contributed by atoms with Crippen LogP contribution in [0.3, 0.4) is 0 Å². The molecule has 108 valence electrons. The van der Waals surface area contributed by atoms with Gasteiger partial charge in [-0.1, -0.05) is 12.1 Å². The van der Waals surface area contributed by atoms with E-state index in [2.05, 4.69) is 21.8 Å². The Kier molecular flexibility index (Phi) is 4.90. The van der Waals surface area contributed by atoms with E-state index < -0.39 is 0 Å². The molecule has 0 bridgehead atoms. The molecule has 1 aromatic carbocycles. The van der Waals surface area contributed by atoms with E-state index in [1.807, 2.05) is 0 Å². The molecule has 1 aromatic heterocycles. The van der Waals surface area contributed by atoms with Gasteiger partial charge in [-0.25, -0.2) is 4.79 Å². The summed E-state index contributed by atoms with van der Waals surface area (Å²) in [4.78, 5) is 11.8. The van der Waals surface area contributed by atoms with E-state index in [1.165, 1.54) is 10.9 Å². The number of benzene rings is 1. The Morgan fingerprint density at radius 3 is 2.67 bits per heavy atom. The van der Waals surface area contributed by atoms with Crippen molar-refractivity contribution in [3.05, 3.63) is 42.2 Å². The highest BCUT2D eigenvalue weighted by Crippen LogP contribution is 2.11. The maximum absolute atomic E-state index is 11.8. The highest BCUT2D eigenvalue weighted by Gasteiger charge is 2.05. The van der Waals surface area contributed by atoms with Crippen LogP contribution in [0.1, 0.15) is 5.56 Å². The minimum atomic E-state index is -0.383. The molecule has 0 aliphatic rings. The minimum absolute atomic E-state index is 0.0115. The second-order valence-electron chi connectivity index (χ2n) is 4.33. The molecule has 0 saturated heterocycles. The number of nitriles is 1. The Morgan fingerprint density at radius 2 is 2.00 bits per heavy atom. The first kappa shape index (κ1) is 14.6. The van der Waals surface area contributed by atoms with E-state index in [1.54, 1.807) is 30.5 Å². The summed E-state index contributed by atoms with van der Waals surface area (Å²) in [6, 6.07) is 8.73. The summed E-state index contributed by atoms with van der Waals surface area (Å²) in [5, 5.41) is 26.7. The summed E-state index contributed by atoms with van der Waals surface area (Å²) in [6.45, 7) is 0.367. The van der Waals surface area contributed by atoms with Gasteiger partial charge in [-0.15, -0.1) is 0 Å². The number of urea groups is 1. The normalized spacial score (nSPS) is 9.90. The number of carbonyl (C=O) groups is 1. The molecule has 0 radical (unpaired) electrons. The van der Waals surface area contributed by atoms with Crippen LogP contribution in [-0.4, -0.2) is 27.5 Å². The fourth-order valence-corrected chi connectivity index (χ4v) is 1.74. The molecule has 21 heavy (non-hydrogen) atoms. The lowest BCUT2D eigenvalue weighted by atomic mass is 10.1. The van der Waals surface area contributed by atoms with Gasteiger partial charge in [-0.3, -0.25) is 4.68 Å². The molecule has 7 heteroatoms. The number of amides is 2. The smallest absolute Gasteiger partial charge is 0.323 e. The van der Waals surface area contributed by atoms with Crippen molar-refractivity contribution in [1.29, 1.82) is 5.26 Å². The number of nitrogens with zero attached hydrogens (tertiary/aromatic N) is 3. The van der Waals surface area contributed by atoms with Crippen molar-refractivity contribution in [1.82, 2.24) is 9.78 Å². The Labute approximate surface area is 121 Å². The van der Waals surface area contributed by atoms with Gasteiger partial charge in [0.25, 0.3) is 0 Å². The minimum Gasteiger partial charge on any atom is -0.394 e. The molecule has 0 fully saturated rings. The fourth-order valence-electron chi connectivity index (χ4n) is 1.74. The van der Waals surface area contributed by atoms with E-state index in [0.717, 1.165) is 5.56 Å². The molecular formula is C14H15N5O2. The van der Waals surface area contributed by atoms with Gasteiger partial charge >= 0.3 is 6.03 Å². The number of rotatable bonds is 5. The maximum atomic E-state index is 11.8. The predicted octanol–water partition coefficient (Wildman–Crippen LogP) is 1.59. The molecule has 2 rings (SSSR count). The maximum Gasteiger partial charge on any atom is 0.323 e. The zero-order chi connectivity index (χ0) is 15.1. The van der Waals surface area contributed by atoms with Gasteiger partial charge in [0.15, 0.2) is 0 Å². The van der Waals surface area contributed by atoms with Gasteiger partial charge < -0.3 is 15.7 Å². The average molecular weight is 285 g/mol. The highest BCUT2D eigenvalue weighted by atomic mass is 16.3. The van der Waals surface area contributed by atoms with Crippen LogP contribution < -0.4 is 10.6 Å². The third-order valence-corrected chi connectivity index (χ3v) is 2.72. The van der Waals surface area contributed by atoms with E-state index in [-0.39, 0.29) is 12.6 Å². The van der Waals surface area contributed by atoms with Crippen LogP contribution in [0.15, 0.2) is 36.7 Å². The van der Waals surface area contributed by atoms with Crippen molar-refractivity contribution in [2.75, 3.05) is 17.2 Å². The van der Waals surface area contributed by atoms with Crippen LogP contribution in [0.25, 0.3) is 0 Å². The van der Waals surface area contributed by atoms with E-state index in [9.17, 15) is 4.79 Å². The average Bonchev–Trinajstić information content (AvgIpc) is 2.89. The lowest BCUT2D eigenvalue weighted by molar-refractivity contribution is 0.262. The van der Waals surface area contributed by atoms with Gasteiger partial charge in [0, 0.05) is 11.9 Å². The molecule has 1 heterocycles. The zero-order valence-electron chi connectivity index (χ0n) is 11.3. The Morgan fingerprint density at radius 1 is 1.29 bits per heavy atom. The van der Waals surface area contributed by atoms with Crippen molar-refractivity contribution < 1.29 is 9.90 Å². The van der Waals surface area contributed by atoms with Crippen LogP contribution in [0.2, 0.25) is 0 Å². The summed E-state index contributed by atoms with van der Waals surface area (Å²) >= 11 is 0. The second kappa shape index (κ2) is 7.07. The lowest BCUT2D eigenvalue weighted by Gasteiger charge is -2.06. The summed E-state index contributed by atoms with van der Waals surface area (Å²) in [5.74, 6) is 0. The number of aliphatic hydroxyl groups is 1. The number of hydrogen-bond donors (Lipinski definition) is 3. The van der Waals surface area contributed by atoms with Crippen LogP contribution in [0.5, 0.6) is 0 Å². The molecule has 0 saturated carbocycles. The third-order valence-electron chi connectivity index (χ3n) is 2.72. The molecule has 0 aliphatic carbocycles. The number of hydrogen-bond acceptors (Lipinski definition) is 4. The molecule has 0 unspecified atom stereocenters. The topological polar surface area (TPSA) is 103 Å². The van der Waals surface area contributed by atoms with Crippen molar-refractivity contribution >= 4 is 17.4 Å². The Bertz CT molecular complexity index is 642. The molecule has 3 N–H and O–H groups in total. The molecule has 7 nitrogen and oxygen atoms in total. The van der Waals surface area contributed by atoms with Gasteiger partial charge in [-0.05, 0) is 17.7 Å². The molecule has 0 spiro atoms. The van der Waals surface area contributed by atoms with Crippen molar-refractivity contribution in [2.24, 2.45) is 0 Å². The highest BCUT2D eigenvalue weighted by molar-refractivity contribution is 5.99. The number of carbonyl (C=O) groups excluding carboxylic acids is 1. The van der Waals surface area contributed by atoms with Gasteiger partial charge in [0.05, 0.1) is 37.5 Å². The summed E-state index contributed by atoms with van der Waals surface area (Å²) in [7, 11) is 0. The molecular weight excluding hydrogens is 270 g/mol. The molecule has 0 aliphatic heterocycles. The first-order valence-corrected chi connectivity index (χ1v) is 6.38. The lowest BCUT2D eigenvalue weighted by Crippen LogP contribution is -2.19. The number of nitrogens with one attached hydrogen (secondary N) is 2. The predicted molar refractivity (Wildman–Crippen MR) is 77.7 cm³/mol. The van der Waals surface area contributed by atoms with E-state index in [0.29, 0.717) is 24.3 Å². The van der Waals surface area contributed by atoms with Crippen LogP contribution in [0.4, 0.5) is 16.2 Å². The van der Waals surface area contributed by atoms with Crippen LogP contribution in [-0.2, 0) is 13.0 Å². The molecule has 2 amide bonds. The van der Waals surface area contributed by atoms with Crippen LogP contribution in [0, 0.1) is 11.3 Å². The largest absolute Gasteiger partial charge is 0.394 e. The molecule has 2 aromatic rings. The van der Waals surface area contributed by atoms with E-state index in [4.69, 9.17) is 10.4 Å². The Balaban J connectivity index is 1.90. The van der Waals surface area contributed by atoms with Crippen molar-refractivity contribution in [2.45, 2.75) is 13.0 Å². The monoisotopic (exact) mass is 285 g/mol. The molecule has 0 atom stereocenters. The first-order valence-electron chi connectivity index (χ1n) is 6.38.